The second-order valence-electron chi connectivity index (χ2n) is 18.6. The molecule has 1 aliphatic carbocycles. The maximum Gasteiger partial charge on any atom is 0.498 e. The fourth-order valence-electron chi connectivity index (χ4n) is 7.70. The smallest absolute Gasteiger partial charge is 0.399 e. The number of nitrogens with zero attached hydrogens (tertiary/aromatic N) is 9. The van der Waals surface area contributed by atoms with Crippen LogP contribution in [0.5, 0.6) is 0 Å². The first-order chi connectivity index (χ1) is 29.6. The number of ether oxygens (including phenoxy) is 1. The van der Waals surface area contributed by atoms with Gasteiger partial charge in [-0.2, -0.15) is 10.2 Å². The maximum absolute atomic E-state index is 6.22. The monoisotopic (exact) mass is 867 g/mol. The van der Waals surface area contributed by atoms with Crippen LogP contribution in [0.4, 0.5) is 10.9 Å². The molecule has 1 saturated carbocycles. The highest BCUT2D eigenvalue weighted by Gasteiger charge is 2.52. The van der Waals surface area contributed by atoms with Gasteiger partial charge in [0.15, 0.2) is 0 Å². The lowest BCUT2D eigenvalue weighted by Crippen LogP contribution is -2.41. The Labute approximate surface area is 370 Å². The van der Waals surface area contributed by atoms with Gasteiger partial charge in [0, 0.05) is 81.0 Å². The molecule has 6 heterocycles. The lowest BCUT2D eigenvalue weighted by Gasteiger charge is -2.32. The van der Waals surface area contributed by atoms with Crippen molar-refractivity contribution in [2.24, 2.45) is 14.1 Å². The third kappa shape index (κ3) is 9.77. The van der Waals surface area contributed by atoms with Gasteiger partial charge in [0.2, 0.25) is 5.13 Å². The Morgan fingerprint density at radius 3 is 2.08 bits per heavy atom. The fourth-order valence-corrected chi connectivity index (χ4v) is 9.46. The van der Waals surface area contributed by atoms with Gasteiger partial charge in [-0.3, -0.25) is 19.2 Å². The van der Waals surface area contributed by atoms with Gasteiger partial charge < -0.3 is 14.0 Å². The summed E-state index contributed by atoms with van der Waals surface area (Å²) in [7, 11) is 2.27. The highest BCUT2D eigenvalue weighted by atomic mass is 32.1. The molecule has 0 radical (unpaired) electrons. The zero-order valence-electron chi connectivity index (χ0n) is 37.5. The second kappa shape index (κ2) is 18.0. The quantitative estimate of drug-likeness (QED) is 0.0667. The number of aryl methyl sites for hydroxylation is 2. The molecule has 0 bridgehead atoms. The van der Waals surface area contributed by atoms with E-state index in [0.717, 1.165) is 78.7 Å². The van der Waals surface area contributed by atoms with Gasteiger partial charge >= 0.3 is 7.12 Å². The van der Waals surface area contributed by atoms with Gasteiger partial charge in [-0.1, -0.05) is 104 Å². The highest BCUT2D eigenvalue weighted by molar-refractivity contribution is 7.15. The van der Waals surface area contributed by atoms with E-state index in [-0.39, 0.29) is 18.3 Å². The molecule has 5 aromatic heterocycles. The molecular formula is C47H58BN9O3SSi. The normalized spacial score (nSPS) is 16.2. The van der Waals surface area contributed by atoms with E-state index < -0.39 is 8.07 Å². The second-order valence-corrected chi connectivity index (χ2v) is 25.2. The molecule has 12 nitrogen and oxygen atoms in total. The Bertz CT molecular complexity index is 2590. The summed E-state index contributed by atoms with van der Waals surface area (Å²) >= 11 is 1.67. The van der Waals surface area contributed by atoms with Crippen molar-refractivity contribution in [1.82, 2.24) is 39.7 Å². The lowest BCUT2D eigenvalue weighted by molar-refractivity contribution is 0.00578. The molecule has 0 amide bonds. The highest BCUT2D eigenvalue weighted by Crippen LogP contribution is 2.40. The summed E-state index contributed by atoms with van der Waals surface area (Å²) < 4.78 is 22.2. The molecule has 0 N–H and O–H groups in total. The SMILES string of the molecule is Cn1cc(-c2cnc3ccc(N(COCC[Si](C)(C)C)c4nnc(C5CCCC5)s4)nc3c2)c(-c2ccccc2)n1.Cn1cc(B2OC(C)(C)C(C)(C)O2)c(-c2ccccc2)n1. The Balaban J connectivity index is 0.000000211. The number of hydrogen-bond acceptors (Lipinski definition) is 11. The van der Waals surface area contributed by atoms with Crippen LogP contribution in [0.15, 0.2) is 97.5 Å². The third-order valence-electron chi connectivity index (χ3n) is 12.0. The van der Waals surface area contributed by atoms with Crippen LogP contribution in [0.3, 0.4) is 0 Å². The molecule has 62 heavy (non-hydrogen) atoms. The standard InChI is InChI=1S/C31H37N7OSSi.C16H21BN2O2/c1-37-20-25(29(36-37)22-10-6-5-7-11-22)24-18-27-26(32-19-24)14-15-28(33-27)38(21-39-16-17-41(2,3)4)31-35-34-30(40-31)23-12-8-9-13-23;1-15(2)16(3,4)21-17(20-15)13-11-19(5)18-14(13)12-9-7-6-8-10-12/h5-7,10-11,14-15,18-20,23H,8-9,12-13,16-17,21H2,1-4H3;6-11H,1-5H3. The summed E-state index contributed by atoms with van der Waals surface area (Å²) in [6.45, 7) is 16.5. The van der Waals surface area contributed by atoms with Gasteiger partial charge in [-0.25, -0.2) is 4.98 Å². The van der Waals surface area contributed by atoms with Gasteiger partial charge in [-0.15, -0.1) is 10.2 Å². The summed E-state index contributed by atoms with van der Waals surface area (Å²) in [6.07, 6.45) is 10.9. The zero-order chi connectivity index (χ0) is 43.6. The van der Waals surface area contributed by atoms with Gasteiger partial charge in [0.05, 0.1) is 27.9 Å². The summed E-state index contributed by atoms with van der Waals surface area (Å²) in [5, 5.41) is 20.5. The Kier molecular flexibility index (Phi) is 12.6. The molecule has 1 saturated heterocycles. The number of aromatic nitrogens is 8. The Morgan fingerprint density at radius 2 is 1.42 bits per heavy atom. The van der Waals surface area contributed by atoms with Crippen LogP contribution < -0.4 is 10.4 Å². The molecule has 322 valence electrons. The van der Waals surface area contributed by atoms with Crippen molar-refractivity contribution < 1.29 is 14.0 Å². The minimum Gasteiger partial charge on any atom is -0.399 e. The van der Waals surface area contributed by atoms with Crippen LogP contribution in [-0.2, 0) is 28.1 Å². The molecule has 15 heteroatoms. The Morgan fingerprint density at radius 1 is 0.790 bits per heavy atom. The van der Waals surface area contributed by atoms with Crippen LogP contribution >= 0.6 is 11.3 Å². The van der Waals surface area contributed by atoms with E-state index >= 15 is 0 Å². The van der Waals surface area contributed by atoms with Gasteiger partial charge in [-0.05, 0) is 64.8 Å². The number of pyridine rings is 2. The van der Waals surface area contributed by atoms with Crippen molar-refractivity contribution in [1.29, 1.82) is 0 Å². The molecule has 2 fully saturated rings. The summed E-state index contributed by atoms with van der Waals surface area (Å²) in [5.41, 5.74) is 7.92. The van der Waals surface area contributed by atoms with Crippen LogP contribution in [0, 0.1) is 0 Å². The van der Waals surface area contributed by atoms with Crippen molar-refractivity contribution in [2.75, 3.05) is 18.2 Å². The van der Waals surface area contributed by atoms with Crippen LogP contribution in [-0.4, -0.2) is 79.5 Å². The lowest BCUT2D eigenvalue weighted by atomic mass is 9.78. The van der Waals surface area contributed by atoms with E-state index in [1.807, 2.05) is 90.6 Å². The predicted octanol–water partition coefficient (Wildman–Crippen LogP) is 10.0. The van der Waals surface area contributed by atoms with E-state index in [2.05, 4.69) is 97.9 Å². The average molecular weight is 868 g/mol. The van der Waals surface area contributed by atoms with Crippen molar-refractivity contribution in [2.45, 2.75) is 96.2 Å². The van der Waals surface area contributed by atoms with Crippen LogP contribution in [0.25, 0.3) is 44.7 Å². The first-order valence-electron chi connectivity index (χ1n) is 21.6. The summed E-state index contributed by atoms with van der Waals surface area (Å²) in [6, 6.07) is 27.6. The molecule has 0 spiro atoms. The summed E-state index contributed by atoms with van der Waals surface area (Å²) in [5.74, 6) is 1.30. The molecule has 0 atom stereocenters. The fraction of sp³-hybridized carbons (Fsp3) is 0.404. The molecule has 0 unspecified atom stereocenters. The molecule has 1 aliphatic heterocycles. The van der Waals surface area contributed by atoms with E-state index in [1.54, 1.807) is 11.3 Å². The number of anilines is 2. The van der Waals surface area contributed by atoms with Crippen LogP contribution in [0.1, 0.15) is 64.3 Å². The van der Waals surface area contributed by atoms with Gasteiger partial charge in [0.1, 0.15) is 23.3 Å². The third-order valence-corrected chi connectivity index (χ3v) is 14.8. The molecular weight excluding hydrogens is 810 g/mol. The van der Waals surface area contributed by atoms with Crippen molar-refractivity contribution in [3.8, 4) is 33.6 Å². The maximum atomic E-state index is 6.22. The number of hydrogen-bond donors (Lipinski definition) is 0. The molecule has 9 rings (SSSR count). The first kappa shape index (κ1) is 43.6. The largest absolute Gasteiger partial charge is 0.498 e. The number of fused-ring (bicyclic) bond motifs is 1. The minimum atomic E-state index is -1.20. The summed E-state index contributed by atoms with van der Waals surface area (Å²) in [4.78, 5) is 11.9. The van der Waals surface area contributed by atoms with Gasteiger partial charge in [0.25, 0.3) is 0 Å². The van der Waals surface area contributed by atoms with Crippen molar-refractivity contribution >= 4 is 54.0 Å². The topological polar surface area (TPSA) is 118 Å². The Hall–Kier alpha value is -5.06. The molecule has 7 aromatic rings. The first-order valence-corrected chi connectivity index (χ1v) is 26.2. The van der Waals surface area contributed by atoms with Crippen LogP contribution in [0.2, 0.25) is 25.7 Å². The number of rotatable bonds is 12. The predicted molar refractivity (Wildman–Crippen MR) is 254 cm³/mol. The van der Waals surface area contributed by atoms with E-state index in [0.29, 0.717) is 12.6 Å². The molecule has 2 aromatic carbocycles. The zero-order valence-corrected chi connectivity index (χ0v) is 39.3. The molecule has 2 aliphatic rings. The van der Waals surface area contributed by atoms with E-state index in [1.165, 1.54) is 25.7 Å². The minimum absolute atomic E-state index is 0.346. The van der Waals surface area contributed by atoms with Crippen molar-refractivity contribution in [3.05, 3.63) is 102 Å². The van der Waals surface area contributed by atoms with Crippen molar-refractivity contribution in [3.63, 3.8) is 0 Å². The average Bonchev–Trinajstić information content (AvgIpc) is 4.10. The number of benzene rings is 2. The van der Waals surface area contributed by atoms with E-state index in [9.17, 15) is 0 Å². The van der Waals surface area contributed by atoms with E-state index in [4.69, 9.17) is 29.1 Å².